The molecule has 2 aromatic carbocycles. The van der Waals surface area contributed by atoms with Gasteiger partial charge >= 0.3 is 12.2 Å². The Morgan fingerprint density at radius 2 is 1.73 bits per heavy atom. The normalized spacial score (nSPS) is 11.2. The van der Waals surface area contributed by atoms with Gasteiger partial charge in [0, 0.05) is 18.8 Å². The minimum absolute atomic E-state index is 0.0385. The predicted molar refractivity (Wildman–Crippen MR) is 92.7 cm³/mol. The summed E-state index contributed by atoms with van der Waals surface area (Å²) in [6.07, 6.45) is -4.47. The molecule has 0 bridgehead atoms. The molecule has 26 heavy (non-hydrogen) atoms. The lowest BCUT2D eigenvalue weighted by Crippen LogP contribution is -2.20. The van der Waals surface area contributed by atoms with Crippen molar-refractivity contribution in [3.05, 3.63) is 66.2 Å². The zero-order valence-corrected chi connectivity index (χ0v) is 13.7. The van der Waals surface area contributed by atoms with E-state index in [9.17, 15) is 18.0 Å². The van der Waals surface area contributed by atoms with E-state index in [1.807, 2.05) is 30.3 Å². The number of urea groups is 1. The third-order valence-corrected chi connectivity index (χ3v) is 3.64. The van der Waals surface area contributed by atoms with E-state index >= 15 is 0 Å². The fourth-order valence-electron chi connectivity index (χ4n) is 2.46. The molecule has 3 rings (SSSR count). The van der Waals surface area contributed by atoms with E-state index in [2.05, 4.69) is 15.7 Å². The highest BCUT2D eigenvalue weighted by Gasteiger charge is 2.30. The molecule has 0 saturated carbocycles. The minimum Gasteiger partial charge on any atom is -0.308 e. The summed E-state index contributed by atoms with van der Waals surface area (Å²) in [6, 6.07) is 14.9. The van der Waals surface area contributed by atoms with Crippen molar-refractivity contribution in [2.75, 3.05) is 10.6 Å². The Bertz CT molecular complexity index is 920. The number of halogens is 3. The van der Waals surface area contributed by atoms with Gasteiger partial charge in [-0.3, -0.25) is 10.00 Å². The van der Waals surface area contributed by atoms with E-state index < -0.39 is 17.8 Å². The molecular formula is C18H15F3N4O. The number of hydrogen-bond acceptors (Lipinski definition) is 2. The number of aromatic nitrogens is 2. The summed E-state index contributed by atoms with van der Waals surface area (Å²) in [5.74, 6) is 0.288. The molecule has 2 N–H and O–H groups in total. The SMILES string of the molecule is Cn1nc(NC(=O)Nc2cccc(C(F)(F)F)c2)cc1-c1ccccc1. The maximum Gasteiger partial charge on any atom is 0.416 e. The van der Waals surface area contributed by atoms with Crippen LogP contribution in [0.25, 0.3) is 11.3 Å². The zero-order chi connectivity index (χ0) is 18.7. The largest absolute Gasteiger partial charge is 0.416 e. The number of rotatable bonds is 3. The molecule has 3 aromatic rings. The average Bonchev–Trinajstić information content (AvgIpc) is 2.95. The number of anilines is 2. The Kier molecular flexibility index (Phi) is 4.66. The lowest BCUT2D eigenvalue weighted by molar-refractivity contribution is -0.137. The zero-order valence-electron chi connectivity index (χ0n) is 13.7. The van der Waals surface area contributed by atoms with Gasteiger partial charge in [-0.2, -0.15) is 18.3 Å². The van der Waals surface area contributed by atoms with Crippen LogP contribution < -0.4 is 10.6 Å². The lowest BCUT2D eigenvalue weighted by Gasteiger charge is -2.09. The molecule has 1 aromatic heterocycles. The standard InChI is InChI=1S/C18H15F3N4O/c1-25-15(12-6-3-2-4-7-12)11-16(24-25)23-17(26)22-14-9-5-8-13(10-14)18(19,20)21/h2-11H,1H3,(H2,22,23,24,26). The second kappa shape index (κ2) is 6.91. The third kappa shape index (κ3) is 4.02. The average molecular weight is 360 g/mol. The predicted octanol–water partition coefficient (Wildman–Crippen LogP) is 4.75. The number of carbonyl (C=O) groups is 1. The number of benzene rings is 2. The van der Waals surface area contributed by atoms with Crippen molar-refractivity contribution >= 4 is 17.5 Å². The van der Waals surface area contributed by atoms with Crippen LogP contribution in [0.5, 0.6) is 0 Å². The van der Waals surface area contributed by atoms with Gasteiger partial charge in [0.15, 0.2) is 5.82 Å². The van der Waals surface area contributed by atoms with Crippen molar-refractivity contribution in [1.29, 1.82) is 0 Å². The summed E-state index contributed by atoms with van der Waals surface area (Å²) < 4.78 is 39.8. The van der Waals surface area contributed by atoms with Gasteiger partial charge in [-0.25, -0.2) is 4.79 Å². The van der Waals surface area contributed by atoms with Gasteiger partial charge in [-0.05, 0) is 23.8 Å². The number of amides is 2. The molecule has 0 atom stereocenters. The monoisotopic (exact) mass is 360 g/mol. The molecule has 0 aliphatic rings. The van der Waals surface area contributed by atoms with Crippen molar-refractivity contribution in [1.82, 2.24) is 9.78 Å². The van der Waals surface area contributed by atoms with Crippen molar-refractivity contribution in [2.45, 2.75) is 6.18 Å². The van der Waals surface area contributed by atoms with E-state index in [1.54, 1.807) is 17.8 Å². The molecule has 2 amide bonds. The Balaban J connectivity index is 1.71. The fraction of sp³-hybridized carbons (Fsp3) is 0.111. The second-order valence-corrected chi connectivity index (χ2v) is 5.56. The first-order valence-corrected chi connectivity index (χ1v) is 7.67. The number of hydrogen-bond donors (Lipinski definition) is 2. The maximum atomic E-state index is 12.7. The van der Waals surface area contributed by atoms with Gasteiger partial charge in [0.05, 0.1) is 11.3 Å². The molecule has 1 heterocycles. The van der Waals surface area contributed by atoms with Gasteiger partial charge in [0.2, 0.25) is 0 Å². The molecule has 0 saturated heterocycles. The van der Waals surface area contributed by atoms with Gasteiger partial charge in [0.1, 0.15) is 0 Å². The number of carbonyl (C=O) groups excluding carboxylic acids is 1. The highest BCUT2D eigenvalue weighted by atomic mass is 19.4. The quantitative estimate of drug-likeness (QED) is 0.708. The molecular weight excluding hydrogens is 345 g/mol. The van der Waals surface area contributed by atoms with Crippen LogP contribution in [0.2, 0.25) is 0 Å². The summed E-state index contributed by atoms with van der Waals surface area (Å²) in [5, 5.41) is 9.08. The Labute approximate surface area is 147 Å². The van der Waals surface area contributed by atoms with E-state index in [4.69, 9.17) is 0 Å². The molecule has 0 unspecified atom stereocenters. The fourth-order valence-corrected chi connectivity index (χ4v) is 2.46. The van der Waals surface area contributed by atoms with Crippen LogP contribution in [0.4, 0.5) is 29.5 Å². The molecule has 0 radical (unpaired) electrons. The van der Waals surface area contributed by atoms with E-state index in [0.29, 0.717) is 0 Å². The van der Waals surface area contributed by atoms with Crippen LogP contribution in [0, 0.1) is 0 Å². The van der Waals surface area contributed by atoms with Gasteiger partial charge < -0.3 is 5.32 Å². The maximum absolute atomic E-state index is 12.7. The topological polar surface area (TPSA) is 59.0 Å². The molecule has 0 aliphatic heterocycles. The first-order chi connectivity index (χ1) is 12.3. The van der Waals surface area contributed by atoms with Crippen LogP contribution in [0.1, 0.15) is 5.56 Å². The van der Waals surface area contributed by atoms with Gasteiger partial charge in [-0.15, -0.1) is 0 Å². The number of nitrogens with zero attached hydrogens (tertiary/aromatic N) is 2. The molecule has 0 fully saturated rings. The van der Waals surface area contributed by atoms with Crippen molar-refractivity contribution in [3.8, 4) is 11.3 Å². The molecule has 134 valence electrons. The van der Waals surface area contributed by atoms with Crippen molar-refractivity contribution < 1.29 is 18.0 Å². The highest BCUT2D eigenvalue weighted by Crippen LogP contribution is 2.30. The van der Waals surface area contributed by atoms with Crippen LogP contribution in [0.15, 0.2) is 60.7 Å². The van der Waals surface area contributed by atoms with Crippen molar-refractivity contribution in [2.24, 2.45) is 7.05 Å². The number of aryl methyl sites for hydroxylation is 1. The van der Waals surface area contributed by atoms with Gasteiger partial charge in [0.25, 0.3) is 0 Å². The first kappa shape index (κ1) is 17.5. The summed E-state index contributed by atoms with van der Waals surface area (Å²) >= 11 is 0. The van der Waals surface area contributed by atoms with Crippen LogP contribution in [-0.4, -0.2) is 15.8 Å². The van der Waals surface area contributed by atoms with Crippen LogP contribution in [-0.2, 0) is 13.2 Å². The molecule has 5 nitrogen and oxygen atoms in total. The summed E-state index contributed by atoms with van der Waals surface area (Å²) in [6.45, 7) is 0. The smallest absolute Gasteiger partial charge is 0.308 e. The van der Waals surface area contributed by atoms with Crippen LogP contribution in [0.3, 0.4) is 0 Å². The lowest BCUT2D eigenvalue weighted by atomic mass is 10.1. The van der Waals surface area contributed by atoms with Crippen LogP contribution >= 0.6 is 0 Å². The Hall–Kier alpha value is -3.29. The first-order valence-electron chi connectivity index (χ1n) is 7.67. The number of nitrogens with one attached hydrogen (secondary N) is 2. The van der Waals surface area contributed by atoms with E-state index in [0.717, 1.165) is 23.4 Å². The summed E-state index contributed by atoms with van der Waals surface area (Å²) in [5.41, 5.74) is 0.921. The Morgan fingerprint density at radius 1 is 1.00 bits per heavy atom. The minimum atomic E-state index is -4.47. The van der Waals surface area contributed by atoms with E-state index in [1.165, 1.54) is 12.1 Å². The number of alkyl halides is 3. The summed E-state index contributed by atoms with van der Waals surface area (Å²) in [4.78, 5) is 12.0. The Morgan fingerprint density at radius 3 is 2.42 bits per heavy atom. The third-order valence-electron chi connectivity index (χ3n) is 3.64. The molecule has 0 aliphatic carbocycles. The molecule has 8 heteroatoms. The molecule has 0 spiro atoms. The van der Waals surface area contributed by atoms with E-state index in [-0.39, 0.29) is 11.5 Å². The van der Waals surface area contributed by atoms with Crippen molar-refractivity contribution in [3.63, 3.8) is 0 Å². The highest BCUT2D eigenvalue weighted by molar-refractivity contribution is 5.99. The second-order valence-electron chi connectivity index (χ2n) is 5.56. The van der Waals surface area contributed by atoms with Gasteiger partial charge in [-0.1, -0.05) is 36.4 Å². The summed E-state index contributed by atoms with van der Waals surface area (Å²) in [7, 11) is 1.73.